The highest BCUT2D eigenvalue weighted by Crippen LogP contribution is 2.34. The van der Waals surface area contributed by atoms with Crippen molar-refractivity contribution < 1.29 is 17.6 Å². The van der Waals surface area contributed by atoms with Crippen molar-refractivity contribution in [2.45, 2.75) is 32.6 Å². The fourth-order valence-corrected chi connectivity index (χ4v) is 4.79. The van der Waals surface area contributed by atoms with E-state index < -0.39 is 15.9 Å². The first-order valence-electron chi connectivity index (χ1n) is 8.05. The molecule has 0 fully saturated rings. The number of fused-ring (bicyclic) bond motifs is 1. The van der Waals surface area contributed by atoms with E-state index in [4.69, 9.17) is 10.2 Å². The minimum absolute atomic E-state index is 0.0612. The molecule has 3 aromatic rings. The van der Waals surface area contributed by atoms with Gasteiger partial charge in [0.05, 0.1) is 4.90 Å². The van der Waals surface area contributed by atoms with Crippen LogP contribution in [-0.2, 0) is 10.0 Å². The lowest BCUT2D eigenvalue weighted by atomic mass is 10.0. The second-order valence-corrected chi connectivity index (χ2v) is 7.98. The first-order valence-corrected chi connectivity index (χ1v) is 9.53. The normalized spacial score (nSPS) is 11.7. The zero-order chi connectivity index (χ0) is 19.2. The van der Waals surface area contributed by atoms with Gasteiger partial charge < -0.3 is 10.2 Å². The molecule has 1 heterocycles. The molecule has 0 unspecified atom stereocenters. The van der Waals surface area contributed by atoms with E-state index in [9.17, 15) is 13.2 Å². The Labute approximate surface area is 152 Å². The Morgan fingerprint density at radius 1 is 1.04 bits per heavy atom. The number of amides is 1. The highest BCUT2D eigenvalue weighted by molar-refractivity contribution is 7.92. The smallest absolute Gasteiger partial charge is 0.286 e. The largest absolute Gasteiger partial charge is 0.449 e. The number of primary amides is 1. The van der Waals surface area contributed by atoms with Crippen LogP contribution in [0.15, 0.2) is 39.6 Å². The van der Waals surface area contributed by atoms with Crippen LogP contribution < -0.4 is 10.5 Å². The third-order valence-corrected chi connectivity index (χ3v) is 6.24. The minimum atomic E-state index is -3.95. The first kappa shape index (κ1) is 18.0. The van der Waals surface area contributed by atoms with Crippen molar-refractivity contribution in [2.75, 3.05) is 4.72 Å². The Morgan fingerprint density at radius 2 is 1.62 bits per heavy atom. The minimum Gasteiger partial charge on any atom is -0.449 e. The molecule has 0 atom stereocenters. The number of furan rings is 1. The zero-order valence-corrected chi connectivity index (χ0v) is 15.8. The van der Waals surface area contributed by atoms with Gasteiger partial charge in [-0.05, 0) is 62.1 Å². The molecule has 0 saturated carbocycles. The number of hydrogen-bond acceptors (Lipinski definition) is 4. The van der Waals surface area contributed by atoms with Gasteiger partial charge in [-0.1, -0.05) is 18.2 Å². The summed E-state index contributed by atoms with van der Waals surface area (Å²) in [5.41, 5.74) is 8.89. The maximum absolute atomic E-state index is 13.2. The number of nitrogens with one attached hydrogen (secondary N) is 1. The monoisotopic (exact) mass is 372 g/mol. The highest BCUT2D eigenvalue weighted by atomic mass is 32.2. The molecule has 1 aromatic heterocycles. The molecule has 0 spiro atoms. The van der Waals surface area contributed by atoms with Gasteiger partial charge in [0.1, 0.15) is 11.3 Å². The number of sulfonamides is 1. The summed E-state index contributed by atoms with van der Waals surface area (Å²) in [5, 5.41) is 0.476. The molecule has 6 nitrogen and oxygen atoms in total. The summed E-state index contributed by atoms with van der Waals surface area (Å²) < 4.78 is 34.3. The lowest BCUT2D eigenvalue weighted by molar-refractivity contribution is 0.0977. The first-order chi connectivity index (χ1) is 12.1. The van der Waals surface area contributed by atoms with E-state index in [-0.39, 0.29) is 16.3 Å². The van der Waals surface area contributed by atoms with Crippen molar-refractivity contribution in [3.8, 4) is 0 Å². The number of para-hydroxylation sites is 1. The summed E-state index contributed by atoms with van der Waals surface area (Å²) in [6.45, 7) is 7.25. The molecule has 2 aromatic carbocycles. The molecular formula is C19H20N2O4S. The number of nitrogens with two attached hydrogens (primary N) is 1. The molecule has 0 aliphatic carbocycles. The Hall–Kier alpha value is -2.80. The van der Waals surface area contributed by atoms with Gasteiger partial charge in [-0.2, -0.15) is 0 Å². The van der Waals surface area contributed by atoms with Crippen molar-refractivity contribution >= 4 is 32.6 Å². The summed E-state index contributed by atoms with van der Waals surface area (Å²) in [4.78, 5) is 12.0. The fraction of sp³-hybridized carbons (Fsp3) is 0.211. The van der Waals surface area contributed by atoms with Gasteiger partial charge in [0.15, 0.2) is 0 Å². The van der Waals surface area contributed by atoms with Crippen LogP contribution >= 0.6 is 0 Å². The van der Waals surface area contributed by atoms with Crippen LogP contribution in [0, 0.1) is 27.7 Å². The van der Waals surface area contributed by atoms with E-state index in [1.165, 1.54) is 0 Å². The summed E-state index contributed by atoms with van der Waals surface area (Å²) in [7, 11) is -3.95. The zero-order valence-electron chi connectivity index (χ0n) is 15.0. The van der Waals surface area contributed by atoms with Gasteiger partial charge in [-0.3, -0.25) is 9.52 Å². The van der Waals surface area contributed by atoms with Gasteiger partial charge in [0, 0.05) is 5.39 Å². The quantitative estimate of drug-likeness (QED) is 0.731. The second-order valence-electron chi connectivity index (χ2n) is 6.36. The topological polar surface area (TPSA) is 102 Å². The average molecular weight is 372 g/mol. The summed E-state index contributed by atoms with van der Waals surface area (Å²) in [5.74, 6) is -1.05. The van der Waals surface area contributed by atoms with E-state index in [1.54, 1.807) is 38.1 Å². The van der Waals surface area contributed by atoms with Crippen molar-refractivity contribution in [1.82, 2.24) is 0 Å². The second kappa shape index (κ2) is 6.17. The maximum Gasteiger partial charge on any atom is 0.286 e. The third-order valence-electron chi connectivity index (χ3n) is 4.62. The molecule has 0 saturated heterocycles. The number of rotatable bonds is 4. The standard InChI is InChI=1S/C19H20N2O4S/c1-10-9-11(2)13(4)18(12(10)3)26(23,24)21-16-14-7-5-6-8-15(14)25-17(16)19(20)22/h5-9,21H,1-4H3,(H2,20,22). The summed E-state index contributed by atoms with van der Waals surface area (Å²) in [6, 6.07) is 8.73. The van der Waals surface area contributed by atoms with E-state index in [0.717, 1.165) is 11.1 Å². The van der Waals surface area contributed by atoms with Crippen LogP contribution in [0.4, 0.5) is 5.69 Å². The van der Waals surface area contributed by atoms with Crippen molar-refractivity contribution in [3.05, 3.63) is 58.3 Å². The van der Waals surface area contributed by atoms with Gasteiger partial charge in [0.25, 0.3) is 15.9 Å². The van der Waals surface area contributed by atoms with Crippen LogP contribution in [0.2, 0.25) is 0 Å². The molecule has 0 aliphatic heterocycles. The van der Waals surface area contributed by atoms with Crippen molar-refractivity contribution in [3.63, 3.8) is 0 Å². The molecule has 26 heavy (non-hydrogen) atoms. The lowest BCUT2D eigenvalue weighted by Gasteiger charge is -2.16. The predicted octanol–water partition coefficient (Wildman–Crippen LogP) is 3.57. The number of anilines is 1. The predicted molar refractivity (Wildman–Crippen MR) is 101 cm³/mol. The SMILES string of the molecule is Cc1cc(C)c(C)c(S(=O)(=O)Nc2c(C(N)=O)oc3ccccc23)c1C. The van der Waals surface area contributed by atoms with E-state index in [2.05, 4.69) is 4.72 Å². The Morgan fingerprint density at radius 3 is 2.19 bits per heavy atom. The van der Waals surface area contributed by atoms with Gasteiger partial charge in [-0.15, -0.1) is 0 Å². The molecule has 1 amide bonds. The Kier molecular flexibility index (Phi) is 4.28. The number of carbonyl (C=O) groups excluding carboxylic acids is 1. The number of aryl methyl sites for hydroxylation is 2. The average Bonchev–Trinajstić information content (AvgIpc) is 2.91. The molecule has 0 radical (unpaired) electrons. The van der Waals surface area contributed by atoms with E-state index in [0.29, 0.717) is 22.1 Å². The third kappa shape index (κ3) is 2.84. The molecule has 7 heteroatoms. The molecule has 3 N–H and O–H groups in total. The number of hydrogen-bond donors (Lipinski definition) is 2. The summed E-state index contributed by atoms with van der Waals surface area (Å²) in [6.07, 6.45) is 0. The van der Waals surface area contributed by atoms with Crippen LogP contribution in [0.3, 0.4) is 0 Å². The molecule has 3 rings (SSSR count). The van der Waals surface area contributed by atoms with Crippen LogP contribution in [0.5, 0.6) is 0 Å². The van der Waals surface area contributed by atoms with Crippen molar-refractivity contribution in [1.29, 1.82) is 0 Å². The highest BCUT2D eigenvalue weighted by Gasteiger charge is 2.27. The maximum atomic E-state index is 13.2. The molecule has 136 valence electrons. The molecular weight excluding hydrogens is 352 g/mol. The molecule has 0 aliphatic rings. The molecule has 0 bridgehead atoms. The van der Waals surface area contributed by atoms with Crippen molar-refractivity contribution in [2.24, 2.45) is 5.73 Å². The van der Waals surface area contributed by atoms with Gasteiger partial charge in [-0.25, -0.2) is 8.42 Å². The number of benzene rings is 2. The Balaban J connectivity index is 2.23. The fourth-order valence-electron chi connectivity index (χ4n) is 3.09. The van der Waals surface area contributed by atoms with E-state index >= 15 is 0 Å². The van der Waals surface area contributed by atoms with Crippen LogP contribution in [0.1, 0.15) is 32.8 Å². The Bertz CT molecular complexity index is 1120. The van der Waals surface area contributed by atoms with Gasteiger partial charge >= 0.3 is 0 Å². The van der Waals surface area contributed by atoms with Crippen LogP contribution in [-0.4, -0.2) is 14.3 Å². The summed E-state index contributed by atoms with van der Waals surface area (Å²) >= 11 is 0. The van der Waals surface area contributed by atoms with Gasteiger partial charge in [0.2, 0.25) is 5.76 Å². The lowest BCUT2D eigenvalue weighted by Crippen LogP contribution is -2.19. The number of carbonyl (C=O) groups is 1. The van der Waals surface area contributed by atoms with E-state index in [1.807, 2.05) is 19.9 Å². The van der Waals surface area contributed by atoms with Crippen LogP contribution in [0.25, 0.3) is 11.0 Å².